The van der Waals surface area contributed by atoms with Crippen molar-refractivity contribution in [1.82, 2.24) is 19.9 Å². The molecule has 0 bridgehead atoms. The number of halogens is 3. The van der Waals surface area contributed by atoms with E-state index in [9.17, 15) is 21.6 Å². The first-order valence-corrected chi connectivity index (χ1v) is 10.0. The van der Waals surface area contributed by atoms with Crippen LogP contribution in [-0.2, 0) is 16.4 Å². The Morgan fingerprint density at radius 2 is 2.04 bits per heavy atom. The van der Waals surface area contributed by atoms with E-state index in [4.69, 9.17) is 0 Å². The number of aliphatic imine (C=N–C) groups is 1. The number of pyridine rings is 1. The van der Waals surface area contributed by atoms with Gasteiger partial charge in [-0.25, -0.2) is 8.42 Å². The van der Waals surface area contributed by atoms with Gasteiger partial charge in [-0.3, -0.25) is 9.98 Å². The number of nitrogens with one attached hydrogen (secondary N) is 2. The van der Waals surface area contributed by atoms with Gasteiger partial charge in [0.2, 0.25) is 0 Å². The van der Waals surface area contributed by atoms with Gasteiger partial charge in [0.1, 0.15) is 0 Å². The third kappa shape index (κ3) is 5.55. The van der Waals surface area contributed by atoms with Crippen LogP contribution in [0.1, 0.15) is 24.0 Å². The van der Waals surface area contributed by atoms with Gasteiger partial charge in [0.15, 0.2) is 5.96 Å². The summed E-state index contributed by atoms with van der Waals surface area (Å²) in [5.41, 5.74) is -2.99. The van der Waals surface area contributed by atoms with Gasteiger partial charge in [0, 0.05) is 45.1 Å². The lowest BCUT2D eigenvalue weighted by Crippen LogP contribution is -2.51. The van der Waals surface area contributed by atoms with Crippen molar-refractivity contribution in [3.63, 3.8) is 0 Å². The van der Waals surface area contributed by atoms with E-state index in [2.05, 4.69) is 20.6 Å². The summed E-state index contributed by atoms with van der Waals surface area (Å²) >= 11 is 0. The highest BCUT2D eigenvalue weighted by Gasteiger charge is 2.50. The van der Waals surface area contributed by atoms with Gasteiger partial charge in [-0.1, -0.05) is 0 Å². The minimum absolute atomic E-state index is 0.140. The van der Waals surface area contributed by atoms with E-state index in [1.54, 1.807) is 19.4 Å². The summed E-state index contributed by atoms with van der Waals surface area (Å²) in [5, 5.41) is 6.31. The van der Waals surface area contributed by atoms with Gasteiger partial charge in [0.05, 0.1) is 0 Å². The molecule has 2 heterocycles. The van der Waals surface area contributed by atoms with Gasteiger partial charge < -0.3 is 10.6 Å². The highest BCUT2D eigenvalue weighted by atomic mass is 32.2. The highest BCUT2D eigenvalue weighted by molar-refractivity contribution is 7.90. The lowest BCUT2D eigenvalue weighted by Gasteiger charge is -2.32. The predicted octanol–water partition coefficient (Wildman–Crippen LogP) is 1.41. The smallest absolute Gasteiger partial charge is 0.356 e. The number of guanidine groups is 1. The Kier molecular flexibility index (Phi) is 7.04. The van der Waals surface area contributed by atoms with Crippen molar-refractivity contribution in [3.05, 3.63) is 29.6 Å². The molecule has 1 saturated heterocycles. The van der Waals surface area contributed by atoms with Crippen molar-refractivity contribution in [1.29, 1.82) is 0 Å². The first kappa shape index (κ1) is 21.4. The molecule has 1 fully saturated rings. The molecule has 1 aromatic heterocycles. The third-order valence-electron chi connectivity index (χ3n) is 4.47. The standard InChI is InChI=1S/C16H24F3N5O2S/c1-12-11-21-7-3-13(12)4-8-22-15(20-2)23-14-5-9-24(10-6-14)27(25,26)16(17,18)19/h3,7,11,14H,4-6,8-10H2,1-2H3,(H2,20,22,23). The van der Waals surface area contributed by atoms with E-state index < -0.39 is 15.5 Å². The molecule has 0 spiro atoms. The average Bonchev–Trinajstić information content (AvgIpc) is 2.62. The van der Waals surface area contributed by atoms with E-state index in [-0.39, 0.29) is 32.0 Å². The number of piperidine rings is 1. The fourth-order valence-corrected chi connectivity index (χ4v) is 3.86. The summed E-state index contributed by atoms with van der Waals surface area (Å²) in [4.78, 5) is 8.16. The van der Waals surface area contributed by atoms with Crippen LogP contribution >= 0.6 is 0 Å². The molecule has 1 aromatic rings. The number of nitrogens with zero attached hydrogens (tertiary/aromatic N) is 3. The molecule has 0 radical (unpaired) electrons. The van der Waals surface area contributed by atoms with E-state index in [0.717, 1.165) is 12.0 Å². The van der Waals surface area contributed by atoms with Crippen molar-refractivity contribution in [3.8, 4) is 0 Å². The molecule has 0 aromatic carbocycles. The van der Waals surface area contributed by atoms with Gasteiger partial charge in [-0.05, 0) is 43.4 Å². The van der Waals surface area contributed by atoms with Crippen molar-refractivity contribution >= 4 is 16.0 Å². The second-order valence-electron chi connectivity index (χ2n) is 6.32. The van der Waals surface area contributed by atoms with E-state index in [0.29, 0.717) is 16.8 Å². The Hall–Kier alpha value is -1.88. The summed E-state index contributed by atoms with van der Waals surface area (Å²) < 4.78 is 61.2. The Bertz CT molecular complexity index is 760. The molecule has 1 aliphatic rings. The topological polar surface area (TPSA) is 86.7 Å². The number of alkyl halides is 3. The Balaban J connectivity index is 1.80. The van der Waals surface area contributed by atoms with Gasteiger partial charge in [0.25, 0.3) is 0 Å². The van der Waals surface area contributed by atoms with E-state index in [1.165, 1.54) is 5.56 Å². The van der Waals surface area contributed by atoms with Crippen LogP contribution in [0.2, 0.25) is 0 Å². The minimum Gasteiger partial charge on any atom is -0.356 e. The molecule has 0 atom stereocenters. The summed E-state index contributed by atoms with van der Waals surface area (Å²) in [7, 11) is -3.64. The van der Waals surface area contributed by atoms with Crippen LogP contribution in [-0.4, -0.2) is 61.9 Å². The predicted molar refractivity (Wildman–Crippen MR) is 96.7 cm³/mol. The number of hydrogen-bond acceptors (Lipinski definition) is 4. The summed E-state index contributed by atoms with van der Waals surface area (Å²) in [6, 6.07) is 1.81. The largest absolute Gasteiger partial charge is 0.511 e. The molecule has 1 aliphatic heterocycles. The normalized spacial score (nSPS) is 17.7. The molecule has 27 heavy (non-hydrogen) atoms. The minimum atomic E-state index is -5.25. The second kappa shape index (κ2) is 8.87. The van der Waals surface area contributed by atoms with E-state index in [1.807, 2.05) is 13.0 Å². The van der Waals surface area contributed by atoms with Crippen LogP contribution in [0.4, 0.5) is 13.2 Å². The Labute approximate surface area is 157 Å². The van der Waals surface area contributed by atoms with Crippen LogP contribution in [0.3, 0.4) is 0 Å². The molecule has 2 N–H and O–H groups in total. The number of aromatic nitrogens is 1. The molecular formula is C16H24F3N5O2S. The van der Waals surface area contributed by atoms with Crippen molar-refractivity contribution in [2.75, 3.05) is 26.7 Å². The zero-order valence-electron chi connectivity index (χ0n) is 15.3. The lowest BCUT2D eigenvalue weighted by atomic mass is 10.1. The molecule has 152 valence electrons. The Morgan fingerprint density at radius 1 is 1.37 bits per heavy atom. The maximum Gasteiger partial charge on any atom is 0.511 e. The zero-order chi connectivity index (χ0) is 20.1. The molecular weight excluding hydrogens is 383 g/mol. The molecule has 0 amide bonds. The zero-order valence-corrected chi connectivity index (χ0v) is 16.1. The summed E-state index contributed by atoms with van der Waals surface area (Å²) in [6.45, 7) is 2.27. The van der Waals surface area contributed by atoms with Gasteiger partial charge in [-0.2, -0.15) is 17.5 Å². The molecule has 0 aliphatic carbocycles. The first-order chi connectivity index (χ1) is 12.6. The summed E-state index contributed by atoms with van der Waals surface area (Å²) in [5.74, 6) is 0.541. The van der Waals surface area contributed by atoms with Crippen LogP contribution in [0.15, 0.2) is 23.5 Å². The highest BCUT2D eigenvalue weighted by Crippen LogP contribution is 2.28. The van der Waals surface area contributed by atoms with Crippen molar-refractivity contribution in [2.24, 2.45) is 4.99 Å². The quantitative estimate of drug-likeness (QED) is 0.569. The first-order valence-electron chi connectivity index (χ1n) is 8.58. The molecule has 0 unspecified atom stereocenters. The molecule has 0 saturated carbocycles. The second-order valence-corrected chi connectivity index (χ2v) is 8.25. The Morgan fingerprint density at radius 3 is 2.59 bits per heavy atom. The average molecular weight is 407 g/mol. The maximum atomic E-state index is 12.6. The van der Waals surface area contributed by atoms with E-state index >= 15 is 0 Å². The van der Waals surface area contributed by atoms with Gasteiger partial charge >= 0.3 is 15.5 Å². The SMILES string of the molecule is CN=C(NCCc1ccncc1C)NC1CCN(S(=O)(=O)C(F)(F)F)CC1. The molecule has 11 heteroatoms. The lowest BCUT2D eigenvalue weighted by molar-refractivity contribution is -0.0494. The number of sulfonamides is 1. The summed E-state index contributed by atoms with van der Waals surface area (Å²) in [6.07, 6.45) is 4.86. The third-order valence-corrected chi connectivity index (χ3v) is 6.10. The monoisotopic (exact) mass is 407 g/mol. The van der Waals surface area contributed by atoms with Crippen LogP contribution in [0, 0.1) is 6.92 Å². The van der Waals surface area contributed by atoms with Crippen molar-refractivity contribution < 1.29 is 21.6 Å². The number of hydrogen-bond donors (Lipinski definition) is 2. The fraction of sp³-hybridized carbons (Fsp3) is 0.625. The van der Waals surface area contributed by atoms with Crippen LogP contribution in [0.25, 0.3) is 0 Å². The number of aryl methyl sites for hydroxylation is 1. The van der Waals surface area contributed by atoms with Crippen LogP contribution < -0.4 is 10.6 Å². The van der Waals surface area contributed by atoms with Crippen LogP contribution in [0.5, 0.6) is 0 Å². The van der Waals surface area contributed by atoms with Crippen molar-refractivity contribution in [2.45, 2.75) is 37.7 Å². The number of rotatable bonds is 5. The maximum absolute atomic E-state index is 12.6. The van der Waals surface area contributed by atoms with Gasteiger partial charge in [-0.15, -0.1) is 0 Å². The fourth-order valence-electron chi connectivity index (χ4n) is 2.87. The molecule has 7 nitrogen and oxygen atoms in total. The molecule has 2 rings (SSSR count).